The van der Waals surface area contributed by atoms with Gasteiger partial charge < -0.3 is 10.6 Å². The number of aromatic nitrogens is 3. The summed E-state index contributed by atoms with van der Waals surface area (Å²) in [4.78, 5) is 13.6. The largest absolute Gasteiger partial charge is 0.339 e. The normalized spacial score (nSPS) is 17.4. The molecule has 1 amide bonds. The number of amides is 1. The predicted molar refractivity (Wildman–Crippen MR) is 62.4 cm³/mol. The van der Waals surface area contributed by atoms with E-state index in [4.69, 9.17) is 5.73 Å². The van der Waals surface area contributed by atoms with Gasteiger partial charge in [0.05, 0.1) is 11.9 Å². The van der Waals surface area contributed by atoms with Crippen LogP contribution in [0.3, 0.4) is 0 Å². The van der Waals surface area contributed by atoms with Gasteiger partial charge in [0.2, 0.25) is 5.91 Å². The fourth-order valence-electron chi connectivity index (χ4n) is 1.64. The van der Waals surface area contributed by atoms with Gasteiger partial charge in [0, 0.05) is 41.9 Å². The summed E-state index contributed by atoms with van der Waals surface area (Å²) >= 11 is 0. The quantitative estimate of drug-likeness (QED) is 0.698. The maximum Gasteiger partial charge on any atom is 0.244 e. The van der Waals surface area contributed by atoms with Crippen LogP contribution in [0.25, 0.3) is 0 Å². The zero-order valence-electron chi connectivity index (χ0n) is 9.41. The molecule has 1 aliphatic heterocycles. The van der Waals surface area contributed by atoms with Crippen LogP contribution in [-0.4, -0.2) is 54.6 Å². The van der Waals surface area contributed by atoms with Gasteiger partial charge in [0.1, 0.15) is 6.54 Å². The molecule has 2 N–H and O–H groups in total. The first-order chi connectivity index (χ1) is 8.19. The first kappa shape index (κ1) is 12.2. The molecule has 1 aromatic heterocycles. The molecule has 1 aromatic rings. The zero-order valence-corrected chi connectivity index (χ0v) is 10.2. The second-order valence-corrected chi connectivity index (χ2v) is 5.54. The Kier molecular flexibility index (Phi) is 3.85. The molecule has 0 saturated carbocycles. The molecule has 0 bridgehead atoms. The van der Waals surface area contributed by atoms with E-state index in [1.54, 1.807) is 11.1 Å². The molecule has 1 aliphatic rings. The molecule has 0 spiro atoms. The molecule has 0 unspecified atom stereocenters. The van der Waals surface area contributed by atoms with Crippen LogP contribution in [-0.2, 0) is 28.7 Å². The Bertz CT molecular complexity index is 423. The Morgan fingerprint density at radius 1 is 1.47 bits per heavy atom. The zero-order chi connectivity index (χ0) is 12.3. The number of hydrogen-bond donors (Lipinski definition) is 1. The summed E-state index contributed by atoms with van der Waals surface area (Å²) in [6, 6.07) is 0. The van der Waals surface area contributed by atoms with Crippen molar-refractivity contribution in [2.45, 2.75) is 13.1 Å². The Hall–Kier alpha value is -1.28. The van der Waals surface area contributed by atoms with Crippen molar-refractivity contribution < 1.29 is 9.00 Å². The van der Waals surface area contributed by atoms with Gasteiger partial charge in [-0.05, 0) is 0 Å². The van der Waals surface area contributed by atoms with Gasteiger partial charge in [-0.15, -0.1) is 5.10 Å². The van der Waals surface area contributed by atoms with E-state index in [1.165, 1.54) is 4.68 Å². The molecule has 2 heterocycles. The number of carbonyl (C=O) groups excluding carboxylic acids is 1. The lowest BCUT2D eigenvalue weighted by atomic mass is 10.4. The molecule has 0 aromatic carbocycles. The summed E-state index contributed by atoms with van der Waals surface area (Å²) in [6.45, 7) is 1.60. The highest BCUT2D eigenvalue weighted by atomic mass is 32.2. The summed E-state index contributed by atoms with van der Waals surface area (Å²) in [5.41, 5.74) is 6.07. The number of hydrogen-bond acceptors (Lipinski definition) is 5. The molecule has 0 aliphatic carbocycles. The van der Waals surface area contributed by atoms with Crippen LogP contribution in [0.2, 0.25) is 0 Å². The number of nitrogens with zero attached hydrogens (tertiary/aromatic N) is 4. The summed E-state index contributed by atoms with van der Waals surface area (Å²) < 4.78 is 12.6. The van der Waals surface area contributed by atoms with Crippen molar-refractivity contribution in [1.29, 1.82) is 0 Å². The lowest BCUT2D eigenvalue weighted by Gasteiger charge is -2.26. The molecule has 1 fully saturated rings. The van der Waals surface area contributed by atoms with Crippen LogP contribution in [0.5, 0.6) is 0 Å². The molecule has 0 radical (unpaired) electrons. The van der Waals surface area contributed by atoms with Crippen molar-refractivity contribution in [3.63, 3.8) is 0 Å². The Morgan fingerprint density at radius 3 is 2.76 bits per heavy atom. The SMILES string of the molecule is NCc1cn(CC(=O)N2CCS(=O)CC2)nn1. The van der Waals surface area contributed by atoms with Gasteiger partial charge in [0.25, 0.3) is 0 Å². The lowest BCUT2D eigenvalue weighted by molar-refractivity contribution is -0.131. The summed E-state index contributed by atoms with van der Waals surface area (Å²) in [6.07, 6.45) is 1.67. The molecular weight excluding hydrogens is 242 g/mol. The molecular formula is C9H15N5O2S. The highest BCUT2D eigenvalue weighted by Gasteiger charge is 2.20. The van der Waals surface area contributed by atoms with Crippen molar-refractivity contribution in [3.05, 3.63) is 11.9 Å². The van der Waals surface area contributed by atoms with Crippen LogP contribution in [0, 0.1) is 0 Å². The fraction of sp³-hybridized carbons (Fsp3) is 0.667. The Morgan fingerprint density at radius 2 is 2.18 bits per heavy atom. The fourth-order valence-corrected chi connectivity index (χ4v) is 2.69. The van der Waals surface area contributed by atoms with E-state index in [2.05, 4.69) is 10.3 Å². The Labute approximate surface area is 101 Å². The van der Waals surface area contributed by atoms with E-state index < -0.39 is 10.8 Å². The topological polar surface area (TPSA) is 94.1 Å². The third-order valence-electron chi connectivity index (χ3n) is 2.62. The monoisotopic (exact) mass is 257 g/mol. The second-order valence-electron chi connectivity index (χ2n) is 3.84. The standard InChI is InChI=1S/C9H15N5O2S/c10-5-8-6-14(12-11-8)7-9(15)13-1-3-17(16)4-2-13/h6H,1-5,7,10H2. The first-order valence-corrected chi connectivity index (χ1v) is 6.89. The highest BCUT2D eigenvalue weighted by molar-refractivity contribution is 7.85. The van der Waals surface area contributed by atoms with Crippen LogP contribution in [0.15, 0.2) is 6.20 Å². The van der Waals surface area contributed by atoms with E-state index in [9.17, 15) is 9.00 Å². The molecule has 1 saturated heterocycles. The minimum absolute atomic E-state index is 0.0184. The summed E-state index contributed by atoms with van der Waals surface area (Å²) in [5, 5.41) is 7.63. The molecule has 17 heavy (non-hydrogen) atoms. The van der Waals surface area contributed by atoms with E-state index in [-0.39, 0.29) is 12.5 Å². The molecule has 8 heteroatoms. The van der Waals surface area contributed by atoms with Crippen molar-refractivity contribution in [2.75, 3.05) is 24.6 Å². The second kappa shape index (κ2) is 5.37. The predicted octanol–water partition coefficient (Wildman–Crippen LogP) is -1.67. The maximum atomic E-state index is 11.9. The Balaban J connectivity index is 1.90. The van der Waals surface area contributed by atoms with Crippen molar-refractivity contribution in [3.8, 4) is 0 Å². The van der Waals surface area contributed by atoms with E-state index in [1.807, 2.05) is 0 Å². The number of nitrogens with two attached hydrogens (primary N) is 1. The van der Waals surface area contributed by atoms with Crippen LogP contribution < -0.4 is 5.73 Å². The van der Waals surface area contributed by atoms with Gasteiger partial charge in [-0.2, -0.15) is 0 Å². The highest BCUT2D eigenvalue weighted by Crippen LogP contribution is 2.02. The number of carbonyl (C=O) groups is 1. The van der Waals surface area contributed by atoms with E-state index in [0.717, 1.165) is 0 Å². The van der Waals surface area contributed by atoms with Gasteiger partial charge in [-0.3, -0.25) is 9.00 Å². The average Bonchev–Trinajstić information content (AvgIpc) is 2.77. The first-order valence-electron chi connectivity index (χ1n) is 5.41. The minimum Gasteiger partial charge on any atom is -0.339 e. The smallest absolute Gasteiger partial charge is 0.244 e. The summed E-state index contributed by atoms with van der Waals surface area (Å²) in [5.74, 6) is 1.11. The third kappa shape index (κ3) is 3.10. The summed E-state index contributed by atoms with van der Waals surface area (Å²) in [7, 11) is -0.766. The van der Waals surface area contributed by atoms with Crippen molar-refractivity contribution >= 4 is 16.7 Å². The van der Waals surface area contributed by atoms with Crippen molar-refractivity contribution in [2.24, 2.45) is 5.73 Å². The van der Waals surface area contributed by atoms with Crippen LogP contribution in [0.4, 0.5) is 0 Å². The number of rotatable bonds is 3. The van der Waals surface area contributed by atoms with Crippen molar-refractivity contribution in [1.82, 2.24) is 19.9 Å². The molecule has 7 nitrogen and oxygen atoms in total. The third-order valence-corrected chi connectivity index (χ3v) is 3.90. The van der Waals surface area contributed by atoms with E-state index >= 15 is 0 Å². The molecule has 94 valence electrons. The van der Waals surface area contributed by atoms with Crippen LogP contribution >= 0.6 is 0 Å². The maximum absolute atomic E-state index is 11.9. The van der Waals surface area contributed by atoms with Gasteiger partial charge in [-0.1, -0.05) is 5.21 Å². The van der Waals surface area contributed by atoms with Gasteiger partial charge >= 0.3 is 0 Å². The molecule has 0 atom stereocenters. The van der Waals surface area contributed by atoms with Gasteiger partial charge in [0.15, 0.2) is 0 Å². The molecule has 2 rings (SSSR count). The average molecular weight is 257 g/mol. The van der Waals surface area contributed by atoms with Gasteiger partial charge in [-0.25, -0.2) is 4.68 Å². The minimum atomic E-state index is -0.766. The lowest BCUT2D eigenvalue weighted by Crippen LogP contribution is -2.43. The van der Waals surface area contributed by atoms with Crippen LogP contribution in [0.1, 0.15) is 5.69 Å². The van der Waals surface area contributed by atoms with E-state index in [0.29, 0.717) is 36.8 Å².